The predicted molar refractivity (Wildman–Crippen MR) is 93.0 cm³/mol. The summed E-state index contributed by atoms with van der Waals surface area (Å²) in [5.74, 6) is 0.794. The van der Waals surface area contributed by atoms with E-state index in [1.54, 1.807) is 0 Å². The molecule has 0 aliphatic carbocycles. The van der Waals surface area contributed by atoms with Crippen LogP contribution in [0.1, 0.15) is 12.8 Å². The van der Waals surface area contributed by atoms with Gasteiger partial charge in [0.05, 0.1) is 11.6 Å². The SMILES string of the molecule is Clc1c(OCCCCN2CCNCC2)ccc2ccccc12. The summed E-state index contributed by atoms with van der Waals surface area (Å²) >= 11 is 6.44. The van der Waals surface area contributed by atoms with E-state index in [1.807, 2.05) is 24.3 Å². The van der Waals surface area contributed by atoms with Crippen molar-refractivity contribution in [3.8, 4) is 5.75 Å². The fourth-order valence-electron chi connectivity index (χ4n) is 2.88. The number of benzene rings is 2. The molecule has 0 saturated carbocycles. The molecule has 1 heterocycles. The molecule has 2 aromatic carbocycles. The van der Waals surface area contributed by atoms with Crippen LogP contribution in [0, 0.1) is 0 Å². The number of hydrogen-bond donors (Lipinski definition) is 1. The second kappa shape index (κ2) is 7.82. The molecule has 0 unspecified atom stereocenters. The monoisotopic (exact) mass is 318 g/mol. The highest BCUT2D eigenvalue weighted by atomic mass is 35.5. The van der Waals surface area contributed by atoms with Crippen LogP contribution in [0.3, 0.4) is 0 Å². The van der Waals surface area contributed by atoms with Crippen LogP contribution in [0.2, 0.25) is 5.02 Å². The van der Waals surface area contributed by atoms with E-state index in [-0.39, 0.29) is 0 Å². The Kier molecular flexibility index (Phi) is 5.54. The molecular weight excluding hydrogens is 296 g/mol. The average Bonchev–Trinajstić information content (AvgIpc) is 2.58. The molecule has 0 bridgehead atoms. The summed E-state index contributed by atoms with van der Waals surface area (Å²) in [6.07, 6.45) is 2.23. The Labute approximate surface area is 137 Å². The van der Waals surface area contributed by atoms with Crippen LogP contribution in [-0.2, 0) is 0 Å². The Balaban J connectivity index is 1.46. The van der Waals surface area contributed by atoms with E-state index in [1.165, 1.54) is 6.42 Å². The molecule has 0 radical (unpaired) electrons. The first-order valence-electron chi connectivity index (χ1n) is 8.08. The first kappa shape index (κ1) is 15.6. The number of hydrogen-bond acceptors (Lipinski definition) is 3. The molecule has 3 rings (SSSR count). The van der Waals surface area contributed by atoms with Crippen LogP contribution in [-0.4, -0.2) is 44.2 Å². The van der Waals surface area contributed by atoms with Crippen molar-refractivity contribution in [2.45, 2.75) is 12.8 Å². The average molecular weight is 319 g/mol. The number of piperazine rings is 1. The summed E-state index contributed by atoms with van der Waals surface area (Å²) in [5, 5.41) is 6.31. The van der Waals surface area contributed by atoms with Gasteiger partial charge in [-0.3, -0.25) is 0 Å². The standard InChI is InChI=1S/C18H23ClN2O/c19-18-16-6-2-1-5-15(16)7-8-17(18)22-14-4-3-11-21-12-9-20-10-13-21/h1-2,5-8,20H,3-4,9-14H2. The molecule has 0 atom stereocenters. The molecular formula is C18H23ClN2O. The molecule has 2 aromatic rings. The zero-order valence-electron chi connectivity index (χ0n) is 12.9. The van der Waals surface area contributed by atoms with Crippen LogP contribution < -0.4 is 10.1 Å². The summed E-state index contributed by atoms with van der Waals surface area (Å²) in [6, 6.07) is 12.2. The van der Waals surface area contributed by atoms with Crippen molar-refractivity contribution in [2.75, 3.05) is 39.3 Å². The summed E-state index contributed by atoms with van der Waals surface area (Å²) < 4.78 is 5.87. The number of fused-ring (bicyclic) bond motifs is 1. The summed E-state index contributed by atoms with van der Waals surface area (Å²) in [4.78, 5) is 2.51. The number of nitrogens with zero attached hydrogens (tertiary/aromatic N) is 1. The van der Waals surface area contributed by atoms with Gasteiger partial charge in [-0.05, 0) is 30.8 Å². The van der Waals surface area contributed by atoms with Crippen molar-refractivity contribution in [2.24, 2.45) is 0 Å². The van der Waals surface area contributed by atoms with Crippen LogP contribution >= 0.6 is 11.6 Å². The Morgan fingerprint density at radius 3 is 2.73 bits per heavy atom. The van der Waals surface area contributed by atoms with Gasteiger partial charge in [0, 0.05) is 31.6 Å². The Morgan fingerprint density at radius 1 is 1.05 bits per heavy atom. The fraction of sp³-hybridized carbons (Fsp3) is 0.444. The highest BCUT2D eigenvalue weighted by Gasteiger charge is 2.09. The van der Waals surface area contributed by atoms with Crippen LogP contribution in [0.5, 0.6) is 5.75 Å². The molecule has 0 aromatic heterocycles. The number of halogens is 1. The molecule has 4 heteroatoms. The van der Waals surface area contributed by atoms with Crippen molar-refractivity contribution in [1.82, 2.24) is 10.2 Å². The molecule has 0 amide bonds. The molecule has 1 N–H and O–H groups in total. The van der Waals surface area contributed by atoms with E-state index >= 15 is 0 Å². The maximum absolute atomic E-state index is 6.44. The Bertz CT molecular complexity index is 611. The maximum atomic E-state index is 6.44. The number of rotatable bonds is 6. The molecule has 3 nitrogen and oxygen atoms in total. The zero-order chi connectivity index (χ0) is 15.2. The normalized spacial score (nSPS) is 16.0. The van der Waals surface area contributed by atoms with Gasteiger partial charge in [0.25, 0.3) is 0 Å². The lowest BCUT2D eigenvalue weighted by molar-refractivity contribution is 0.226. The van der Waals surface area contributed by atoms with E-state index in [9.17, 15) is 0 Å². The largest absolute Gasteiger partial charge is 0.492 e. The third-order valence-corrected chi connectivity index (χ3v) is 4.55. The van der Waals surface area contributed by atoms with Gasteiger partial charge in [0.1, 0.15) is 5.75 Å². The van der Waals surface area contributed by atoms with Crippen LogP contribution in [0.4, 0.5) is 0 Å². The molecule has 0 spiro atoms. The fourth-order valence-corrected chi connectivity index (χ4v) is 3.17. The summed E-state index contributed by atoms with van der Waals surface area (Å²) in [7, 11) is 0. The van der Waals surface area contributed by atoms with Gasteiger partial charge >= 0.3 is 0 Å². The highest BCUT2D eigenvalue weighted by molar-refractivity contribution is 6.37. The van der Waals surface area contributed by atoms with E-state index in [0.29, 0.717) is 0 Å². The minimum atomic E-state index is 0.722. The van der Waals surface area contributed by atoms with Gasteiger partial charge in [-0.15, -0.1) is 0 Å². The summed E-state index contributed by atoms with van der Waals surface area (Å²) in [5.41, 5.74) is 0. The number of nitrogens with one attached hydrogen (secondary N) is 1. The topological polar surface area (TPSA) is 24.5 Å². The van der Waals surface area contributed by atoms with Crippen molar-refractivity contribution in [3.05, 3.63) is 41.4 Å². The first-order chi connectivity index (χ1) is 10.8. The molecule has 1 fully saturated rings. The van der Waals surface area contributed by atoms with Crippen molar-refractivity contribution in [3.63, 3.8) is 0 Å². The van der Waals surface area contributed by atoms with Gasteiger partial charge in [-0.2, -0.15) is 0 Å². The zero-order valence-corrected chi connectivity index (χ0v) is 13.6. The van der Waals surface area contributed by atoms with E-state index in [4.69, 9.17) is 16.3 Å². The van der Waals surface area contributed by atoms with Gasteiger partial charge < -0.3 is 15.0 Å². The molecule has 118 valence electrons. The molecule has 1 aliphatic rings. The minimum Gasteiger partial charge on any atom is -0.492 e. The van der Waals surface area contributed by atoms with Crippen molar-refractivity contribution < 1.29 is 4.74 Å². The van der Waals surface area contributed by atoms with Gasteiger partial charge in [0.15, 0.2) is 0 Å². The third kappa shape index (κ3) is 3.92. The minimum absolute atomic E-state index is 0.722. The number of ether oxygens (including phenoxy) is 1. The predicted octanol–water partition coefficient (Wildman–Crippen LogP) is 3.56. The second-order valence-corrected chi connectivity index (χ2v) is 6.12. The van der Waals surface area contributed by atoms with Crippen molar-refractivity contribution in [1.29, 1.82) is 0 Å². The quantitative estimate of drug-likeness (QED) is 0.824. The lowest BCUT2D eigenvalue weighted by atomic mass is 10.1. The highest BCUT2D eigenvalue weighted by Crippen LogP contribution is 2.32. The molecule has 22 heavy (non-hydrogen) atoms. The maximum Gasteiger partial charge on any atom is 0.138 e. The van der Waals surface area contributed by atoms with Crippen LogP contribution in [0.25, 0.3) is 10.8 Å². The van der Waals surface area contributed by atoms with E-state index < -0.39 is 0 Å². The lowest BCUT2D eigenvalue weighted by Crippen LogP contribution is -2.43. The van der Waals surface area contributed by atoms with Gasteiger partial charge in [0.2, 0.25) is 0 Å². The molecule has 1 saturated heterocycles. The van der Waals surface area contributed by atoms with Gasteiger partial charge in [-0.1, -0.05) is 41.9 Å². The van der Waals surface area contributed by atoms with E-state index in [0.717, 1.165) is 67.3 Å². The van der Waals surface area contributed by atoms with Gasteiger partial charge in [-0.25, -0.2) is 0 Å². The first-order valence-corrected chi connectivity index (χ1v) is 8.45. The number of unbranched alkanes of at least 4 members (excludes halogenated alkanes) is 1. The summed E-state index contributed by atoms with van der Waals surface area (Å²) in [6.45, 7) is 6.45. The van der Waals surface area contributed by atoms with Crippen LogP contribution in [0.15, 0.2) is 36.4 Å². The van der Waals surface area contributed by atoms with E-state index in [2.05, 4.69) is 22.3 Å². The smallest absolute Gasteiger partial charge is 0.138 e. The lowest BCUT2D eigenvalue weighted by Gasteiger charge is -2.27. The Morgan fingerprint density at radius 2 is 1.86 bits per heavy atom. The van der Waals surface area contributed by atoms with Crippen molar-refractivity contribution >= 4 is 22.4 Å². The Hall–Kier alpha value is -1.29. The molecule has 1 aliphatic heterocycles. The second-order valence-electron chi connectivity index (χ2n) is 5.75. The third-order valence-electron chi connectivity index (χ3n) is 4.16.